The molecule has 0 saturated carbocycles. The lowest BCUT2D eigenvalue weighted by atomic mass is 9.97. The molecular formula is C24H42O21. The molecule has 0 bridgehead atoms. The molecule has 0 aliphatic carbocycles. The van der Waals surface area contributed by atoms with Crippen LogP contribution in [-0.4, -0.2) is 221 Å². The van der Waals surface area contributed by atoms with E-state index in [0.717, 1.165) is 0 Å². The number of aldehydes is 1. The SMILES string of the molecule is O=C[C@H](O)[C@@H](O[C@@H]1O[C@H](CO[C@@H]2O[C@H](CO[C@@H]3O[C@H](CO)[C@H](O)[C@H](O)[C@H]3O)[C@H](O)[C@H](O)[C@H]2O)[C@H](O)[C@H](O)[C@H]1O)[C@@H](O)[C@H](O)CO. The molecule has 0 aromatic heterocycles. The second-order valence-electron chi connectivity index (χ2n) is 10.9. The van der Waals surface area contributed by atoms with Crippen LogP contribution in [0.5, 0.6) is 0 Å². The molecule has 21 heteroatoms. The number of hydrogen-bond acceptors (Lipinski definition) is 21. The zero-order chi connectivity index (χ0) is 33.7. The third-order valence-electron chi connectivity index (χ3n) is 7.72. The number of aliphatic hydroxyl groups excluding tert-OH is 14. The standard InChI is InChI=1S/C24H42O21/c25-1-6(28)11(30)21(7(29)2-26)45-24-20(39)17(36)14(33)10(44-24)5-41-23-19(38)16(35)13(32)9(43-23)4-40-22-18(37)15(34)12(31)8(3-27)42-22/h2,6-25,27-39H,1,3-5H2/t6-,7+,8-,9-,10-,11+,12+,13+,14+,15+,16+,17+,18-,19-,20-,21-,22-,23-,24+/m1/s1. The van der Waals surface area contributed by atoms with Gasteiger partial charge in [0.15, 0.2) is 25.2 Å². The minimum Gasteiger partial charge on any atom is -0.394 e. The number of aliphatic hydroxyl groups is 14. The number of hydrogen-bond donors (Lipinski definition) is 14. The van der Waals surface area contributed by atoms with Crippen molar-refractivity contribution in [1.82, 2.24) is 0 Å². The van der Waals surface area contributed by atoms with Gasteiger partial charge in [-0.1, -0.05) is 0 Å². The van der Waals surface area contributed by atoms with Gasteiger partial charge in [-0.15, -0.1) is 0 Å². The van der Waals surface area contributed by atoms with Crippen molar-refractivity contribution >= 4 is 6.29 Å². The van der Waals surface area contributed by atoms with E-state index in [1.165, 1.54) is 0 Å². The van der Waals surface area contributed by atoms with Crippen molar-refractivity contribution in [2.24, 2.45) is 0 Å². The van der Waals surface area contributed by atoms with Gasteiger partial charge in [-0.2, -0.15) is 0 Å². The van der Waals surface area contributed by atoms with E-state index in [9.17, 15) is 71.2 Å². The lowest BCUT2D eigenvalue weighted by Crippen LogP contribution is -2.63. The summed E-state index contributed by atoms with van der Waals surface area (Å²) in [5.74, 6) is 0. The lowest BCUT2D eigenvalue weighted by molar-refractivity contribution is -0.348. The summed E-state index contributed by atoms with van der Waals surface area (Å²) in [5.41, 5.74) is 0. The van der Waals surface area contributed by atoms with E-state index in [1.54, 1.807) is 0 Å². The third kappa shape index (κ3) is 8.67. The Morgan fingerprint density at radius 2 is 0.978 bits per heavy atom. The molecule has 19 atom stereocenters. The number of ether oxygens (including phenoxy) is 6. The van der Waals surface area contributed by atoms with Gasteiger partial charge in [-0.25, -0.2) is 0 Å². The molecule has 0 radical (unpaired) electrons. The van der Waals surface area contributed by atoms with Crippen molar-refractivity contribution in [3.8, 4) is 0 Å². The molecule has 0 amide bonds. The highest BCUT2D eigenvalue weighted by Crippen LogP contribution is 2.29. The first-order valence-corrected chi connectivity index (χ1v) is 13.9. The van der Waals surface area contributed by atoms with Crippen molar-refractivity contribution in [3.63, 3.8) is 0 Å². The first-order valence-electron chi connectivity index (χ1n) is 13.9. The van der Waals surface area contributed by atoms with E-state index >= 15 is 0 Å². The van der Waals surface area contributed by atoms with Crippen LogP contribution >= 0.6 is 0 Å². The Morgan fingerprint density at radius 1 is 0.578 bits per heavy atom. The maximum absolute atomic E-state index is 11.1. The van der Waals surface area contributed by atoms with Crippen LogP contribution in [0.3, 0.4) is 0 Å². The van der Waals surface area contributed by atoms with Gasteiger partial charge in [0.1, 0.15) is 97.7 Å². The second kappa shape index (κ2) is 16.8. The molecular weight excluding hydrogens is 624 g/mol. The quantitative estimate of drug-likeness (QED) is 0.0765. The van der Waals surface area contributed by atoms with Crippen LogP contribution in [0, 0.1) is 0 Å². The number of rotatable bonds is 14. The molecule has 3 aliphatic heterocycles. The Morgan fingerprint density at radius 3 is 1.40 bits per heavy atom. The molecule has 0 aromatic carbocycles. The normalized spacial score (nSPS) is 45.4. The zero-order valence-corrected chi connectivity index (χ0v) is 23.5. The van der Waals surface area contributed by atoms with Crippen molar-refractivity contribution in [2.45, 2.75) is 117 Å². The van der Waals surface area contributed by atoms with Crippen LogP contribution in [0.1, 0.15) is 0 Å². The summed E-state index contributed by atoms with van der Waals surface area (Å²) in [7, 11) is 0. The molecule has 264 valence electrons. The van der Waals surface area contributed by atoms with Gasteiger partial charge in [-0.05, 0) is 0 Å². The summed E-state index contributed by atoms with van der Waals surface area (Å²) in [6.45, 7) is -3.21. The molecule has 0 unspecified atom stereocenters. The fourth-order valence-electron chi connectivity index (χ4n) is 4.87. The smallest absolute Gasteiger partial charge is 0.187 e. The van der Waals surface area contributed by atoms with Crippen LogP contribution < -0.4 is 0 Å². The molecule has 21 nitrogen and oxygen atoms in total. The Bertz CT molecular complexity index is 899. The van der Waals surface area contributed by atoms with Crippen molar-refractivity contribution in [3.05, 3.63) is 0 Å². The van der Waals surface area contributed by atoms with Crippen molar-refractivity contribution in [1.29, 1.82) is 0 Å². The average molecular weight is 667 g/mol. The van der Waals surface area contributed by atoms with E-state index in [2.05, 4.69) is 0 Å². The predicted molar refractivity (Wildman–Crippen MR) is 135 cm³/mol. The second-order valence-corrected chi connectivity index (χ2v) is 10.9. The Labute approximate surface area is 254 Å². The highest BCUT2D eigenvalue weighted by atomic mass is 16.7. The molecule has 0 aromatic rings. The van der Waals surface area contributed by atoms with E-state index in [1.807, 2.05) is 0 Å². The van der Waals surface area contributed by atoms with Crippen molar-refractivity contribution in [2.75, 3.05) is 26.4 Å². The Balaban J connectivity index is 1.65. The molecule has 0 spiro atoms. The van der Waals surface area contributed by atoms with Crippen LogP contribution in [0.2, 0.25) is 0 Å². The van der Waals surface area contributed by atoms with E-state index < -0.39 is 143 Å². The summed E-state index contributed by atoms with van der Waals surface area (Å²) < 4.78 is 32.0. The van der Waals surface area contributed by atoms with Crippen LogP contribution in [0.25, 0.3) is 0 Å². The topological polar surface area (TPSA) is 356 Å². The maximum Gasteiger partial charge on any atom is 0.187 e. The monoisotopic (exact) mass is 666 g/mol. The summed E-state index contributed by atoms with van der Waals surface area (Å²) in [5, 5.41) is 140. The Hall–Kier alpha value is -1.13. The van der Waals surface area contributed by atoms with Gasteiger partial charge >= 0.3 is 0 Å². The molecule has 3 saturated heterocycles. The summed E-state index contributed by atoms with van der Waals surface area (Å²) >= 11 is 0. The van der Waals surface area contributed by atoms with Gasteiger partial charge in [0.2, 0.25) is 0 Å². The third-order valence-corrected chi connectivity index (χ3v) is 7.72. The molecule has 3 rings (SSSR count). The van der Waals surface area contributed by atoms with Gasteiger partial charge in [0.25, 0.3) is 0 Å². The zero-order valence-electron chi connectivity index (χ0n) is 23.5. The molecule has 45 heavy (non-hydrogen) atoms. The van der Waals surface area contributed by atoms with Gasteiger partial charge in [-0.3, -0.25) is 0 Å². The van der Waals surface area contributed by atoms with Gasteiger partial charge in [0.05, 0.1) is 26.4 Å². The Kier molecular flexibility index (Phi) is 14.3. The average Bonchev–Trinajstić information content (AvgIpc) is 3.04. The lowest BCUT2D eigenvalue weighted by Gasteiger charge is -2.44. The first-order chi connectivity index (χ1) is 21.2. The highest BCUT2D eigenvalue weighted by molar-refractivity contribution is 5.56. The van der Waals surface area contributed by atoms with E-state index in [4.69, 9.17) is 33.5 Å². The number of carbonyl (C=O) groups excluding carboxylic acids is 1. The largest absolute Gasteiger partial charge is 0.394 e. The maximum atomic E-state index is 11.1. The molecule has 14 N–H and O–H groups in total. The van der Waals surface area contributed by atoms with Gasteiger partial charge in [0, 0.05) is 0 Å². The van der Waals surface area contributed by atoms with Gasteiger partial charge < -0.3 is 105 Å². The predicted octanol–water partition coefficient (Wildman–Crippen LogP) is -9.91. The fraction of sp³-hybridized carbons (Fsp3) is 0.958. The van der Waals surface area contributed by atoms with E-state index in [-0.39, 0.29) is 6.29 Å². The highest BCUT2D eigenvalue weighted by Gasteiger charge is 2.50. The fourth-order valence-corrected chi connectivity index (χ4v) is 4.87. The molecule has 3 fully saturated rings. The molecule has 3 heterocycles. The van der Waals surface area contributed by atoms with Crippen LogP contribution in [-0.2, 0) is 33.2 Å². The van der Waals surface area contributed by atoms with Crippen LogP contribution in [0.15, 0.2) is 0 Å². The minimum atomic E-state index is -2.11. The van der Waals surface area contributed by atoms with Crippen molar-refractivity contribution < 1.29 is 105 Å². The minimum absolute atomic E-state index is 0.0850. The first kappa shape index (κ1) is 38.3. The summed E-state index contributed by atoms with van der Waals surface area (Å²) in [6.07, 6.45) is -34.9. The number of carbonyl (C=O) groups is 1. The van der Waals surface area contributed by atoms with E-state index in [0.29, 0.717) is 0 Å². The summed E-state index contributed by atoms with van der Waals surface area (Å²) in [4.78, 5) is 11.1. The summed E-state index contributed by atoms with van der Waals surface area (Å²) in [6, 6.07) is 0. The van der Waals surface area contributed by atoms with Crippen LogP contribution in [0.4, 0.5) is 0 Å². The molecule has 3 aliphatic rings.